The van der Waals surface area contributed by atoms with Crippen molar-refractivity contribution in [2.75, 3.05) is 12.8 Å². The van der Waals surface area contributed by atoms with Crippen LogP contribution in [0.5, 0.6) is 0 Å². The summed E-state index contributed by atoms with van der Waals surface area (Å²) in [5.41, 5.74) is 0. The van der Waals surface area contributed by atoms with Gasteiger partial charge in [-0.2, -0.15) is 0 Å². The molecule has 0 aliphatic carbocycles. The van der Waals surface area contributed by atoms with Gasteiger partial charge in [-0.3, -0.25) is 0 Å². The van der Waals surface area contributed by atoms with Crippen molar-refractivity contribution in [2.24, 2.45) is 0 Å². The minimum absolute atomic E-state index is 0.640. The summed E-state index contributed by atoms with van der Waals surface area (Å²) >= 11 is 0. The number of rotatable bonds is 19. The first kappa shape index (κ1) is 23.8. The molecule has 24 heavy (non-hydrogen) atoms. The highest BCUT2D eigenvalue weighted by Gasteiger charge is 2.14. The van der Waals surface area contributed by atoms with Crippen molar-refractivity contribution < 1.29 is 9.09 Å². The second-order valence-electron chi connectivity index (χ2n) is 6.83. The van der Waals surface area contributed by atoms with Crippen molar-refractivity contribution in [1.82, 2.24) is 0 Å². The molecule has 0 aromatic carbocycles. The molecule has 3 heteroatoms. The summed E-state index contributed by atoms with van der Waals surface area (Å²) in [6.45, 7) is 4.96. The molecule has 142 valence electrons. The lowest BCUT2D eigenvalue weighted by molar-refractivity contribution is 0.328. The van der Waals surface area contributed by atoms with Crippen LogP contribution < -0.4 is 0 Å². The number of hydrogen-bond acceptors (Lipinski definition) is 2. The van der Waals surface area contributed by atoms with Crippen molar-refractivity contribution in [1.29, 1.82) is 0 Å². The fourth-order valence-corrected chi connectivity index (χ4v) is 3.74. The van der Waals surface area contributed by atoms with Crippen LogP contribution in [0.2, 0.25) is 0 Å². The van der Waals surface area contributed by atoms with Crippen molar-refractivity contribution >= 4 is 8.03 Å². The summed E-state index contributed by atoms with van der Waals surface area (Å²) < 4.78 is 16.7. The number of allylic oxidation sites excluding steroid dienone is 2. The van der Waals surface area contributed by atoms with Gasteiger partial charge in [-0.25, -0.2) is 0 Å². The molecule has 0 saturated heterocycles. The van der Waals surface area contributed by atoms with Crippen molar-refractivity contribution in [3.05, 3.63) is 12.2 Å². The lowest BCUT2D eigenvalue weighted by Gasteiger charge is -1.99. The highest BCUT2D eigenvalue weighted by atomic mass is 31.1. The lowest BCUT2D eigenvalue weighted by atomic mass is 10.1. The van der Waals surface area contributed by atoms with E-state index in [2.05, 4.69) is 19.1 Å². The SMILES string of the molecule is CCCCCCCC/C=C\CCCCCCCC[P+](=O)OCCC. The Hall–Kier alpha value is -0.200. The van der Waals surface area contributed by atoms with Crippen LogP contribution in [-0.2, 0) is 9.09 Å². The Bertz CT molecular complexity index is 290. The van der Waals surface area contributed by atoms with E-state index in [0.717, 1.165) is 19.0 Å². The van der Waals surface area contributed by atoms with E-state index in [-0.39, 0.29) is 0 Å². The van der Waals surface area contributed by atoms with Gasteiger partial charge < -0.3 is 0 Å². The quantitative estimate of drug-likeness (QED) is 0.132. The van der Waals surface area contributed by atoms with Gasteiger partial charge >= 0.3 is 8.03 Å². The second-order valence-corrected chi connectivity index (χ2v) is 8.20. The second kappa shape index (κ2) is 20.8. The predicted octanol–water partition coefficient (Wildman–Crippen LogP) is 8.19. The molecule has 2 nitrogen and oxygen atoms in total. The van der Waals surface area contributed by atoms with Gasteiger partial charge in [-0.05, 0) is 49.5 Å². The van der Waals surface area contributed by atoms with Crippen molar-refractivity contribution in [2.45, 2.75) is 110 Å². The summed E-state index contributed by atoms with van der Waals surface area (Å²) in [5.74, 6) is 0. The molecule has 0 bridgehead atoms. The first-order valence-corrected chi connectivity index (χ1v) is 11.9. The van der Waals surface area contributed by atoms with E-state index < -0.39 is 8.03 Å². The maximum absolute atomic E-state index is 11.5. The molecular weight excluding hydrogens is 315 g/mol. The number of hydrogen-bond donors (Lipinski definition) is 0. The van der Waals surface area contributed by atoms with E-state index in [1.54, 1.807) is 0 Å². The third-order valence-electron chi connectivity index (χ3n) is 4.29. The largest absolute Gasteiger partial charge is 0.508 e. The molecule has 0 radical (unpaired) electrons. The maximum Gasteiger partial charge on any atom is 0.508 e. The third kappa shape index (κ3) is 19.8. The summed E-state index contributed by atoms with van der Waals surface area (Å²) in [6, 6.07) is 0. The van der Waals surface area contributed by atoms with E-state index in [1.165, 1.54) is 83.5 Å². The third-order valence-corrected chi connectivity index (χ3v) is 5.44. The molecule has 0 amide bonds. The predicted molar refractivity (Wildman–Crippen MR) is 108 cm³/mol. The minimum atomic E-state index is -1.39. The van der Waals surface area contributed by atoms with E-state index in [4.69, 9.17) is 4.52 Å². The molecular formula is C21H42O2P+. The van der Waals surface area contributed by atoms with E-state index in [9.17, 15) is 4.57 Å². The van der Waals surface area contributed by atoms with Gasteiger partial charge in [-0.1, -0.05) is 77.4 Å². The van der Waals surface area contributed by atoms with Crippen LogP contribution in [0.25, 0.3) is 0 Å². The van der Waals surface area contributed by atoms with Gasteiger partial charge in [0.15, 0.2) is 6.16 Å². The summed E-state index contributed by atoms with van der Waals surface area (Å²) in [5, 5.41) is 0. The first-order valence-electron chi connectivity index (χ1n) is 10.5. The Labute approximate surface area is 152 Å². The van der Waals surface area contributed by atoms with Gasteiger partial charge in [0.25, 0.3) is 0 Å². The molecule has 0 aliphatic rings. The molecule has 0 aromatic rings. The van der Waals surface area contributed by atoms with Crippen LogP contribution in [0.15, 0.2) is 12.2 Å². The van der Waals surface area contributed by atoms with Crippen LogP contribution in [0.4, 0.5) is 0 Å². The smallest absolute Gasteiger partial charge is 0.146 e. The Morgan fingerprint density at radius 3 is 1.71 bits per heavy atom. The molecule has 1 unspecified atom stereocenters. The van der Waals surface area contributed by atoms with Crippen LogP contribution in [0, 0.1) is 0 Å². The van der Waals surface area contributed by atoms with E-state index >= 15 is 0 Å². The molecule has 1 atom stereocenters. The van der Waals surface area contributed by atoms with Gasteiger partial charge in [0.05, 0.1) is 0 Å². The average Bonchev–Trinajstić information content (AvgIpc) is 2.59. The van der Waals surface area contributed by atoms with Gasteiger partial charge in [0, 0.05) is 0 Å². The van der Waals surface area contributed by atoms with Gasteiger partial charge in [0.1, 0.15) is 6.61 Å². The first-order chi connectivity index (χ1) is 11.8. The molecule has 0 aromatic heterocycles. The standard InChI is InChI=1S/C21H42O2P/c1-3-5-6-7-8-9-10-11-12-13-14-15-16-17-18-19-21-24(22)23-20-4-2/h11-12H,3-10,13-21H2,1-2H3/q+1/b12-11-. The monoisotopic (exact) mass is 357 g/mol. The average molecular weight is 358 g/mol. The lowest BCUT2D eigenvalue weighted by Crippen LogP contribution is -1.87. The molecule has 0 saturated carbocycles. The molecule has 0 spiro atoms. The Kier molecular flexibility index (Phi) is 20.7. The van der Waals surface area contributed by atoms with Crippen molar-refractivity contribution in [3.8, 4) is 0 Å². The summed E-state index contributed by atoms with van der Waals surface area (Å²) in [7, 11) is -1.39. The zero-order valence-electron chi connectivity index (χ0n) is 16.4. The highest BCUT2D eigenvalue weighted by Crippen LogP contribution is 2.24. The maximum atomic E-state index is 11.5. The van der Waals surface area contributed by atoms with Crippen LogP contribution in [0.1, 0.15) is 110 Å². The number of unbranched alkanes of at least 4 members (excludes halogenated alkanes) is 12. The Morgan fingerprint density at radius 1 is 0.667 bits per heavy atom. The molecule has 0 aliphatic heterocycles. The van der Waals surface area contributed by atoms with Gasteiger partial charge in [0.2, 0.25) is 0 Å². The fourth-order valence-electron chi connectivity index (χ4n) is 2.75. The molecule has 0 N–H and O–H groups in total. The van der Waals surface area contributed by atoms with Crippen LogP contribution >= 0.6 is 8.03 Å². The van der Waals surface area contributed by atoms with E-state index in [1.807, 2.05) is 6.92 Å². The molecule has 0 heterocycles. The van der Waals surface area contributed by atoms with Crippen LogP contribution in [0.3, 0.4) is 0 Å². The van der Waals surface area contributed by atoms with Crippen LogP contribution in [-0.4, -0.2) is 12.8 Å². The minimum Gasteiger partial charge on any atom is -0.146 e. The van der Waals surface area contributed by atoms with Gasteiger partial charge in [-0.15, -0.1) is 4.52 Å². The Balaban J connectivity index is 3.14. The zero-order chi connectivity index (χ0) is 17.7. The van der Waals surface area contributed by atoms with E-state index in [0.29, 0.717) is 6.61 Å². The normalized spacial score (nSPS) is 12.2. The summed E-state index contributed by atoms with van der Waals surface area (Å²) in [6.07, 6.45) is 24.8. The highest BCUT2D eigenvalue weighted by molar-refractivity contribution is 7.39. The summed E-state index contributed by atoms with van der Waals surface area (Å²) in [4.78, 5) is 0. The fraction of sp³-hybridized carbons (Fsp3) is 0.905. The zero-order valence-corrected chi connectivity index (χ0v) is 17.3. The van der Waals surface area contributed by atoms with Crippen molar-refractivity contribution in [3.63, 3.8) is 0 Å². The Morgan fingerprint density at radius 2 is 1.17 bits per heavy atom. The molecule has 0 fully saturated rings. The molecule has 0 rings (SSSR count). The topological polar surface area (TPSA) is 26.3 Å².